The second kappa shape index (κ2) is 7.63. The van der Waals surface area contributed by atoms with Crippen LogP contribution in [0.5, 0.6) is 0 Å². The highest BCUT2D eigenvalue weighted by molar-refractivity contribution is 9.10. The number of ketones is 1. The number of hydrogen-bond donors (Lipinski definition) is 2. The molecule has 5 nitrogen and oxygen atoms in total. The van der Waals surface area contributed by atoms with Crippen LogP contribution in [0.15, 0.2) is 59.2 Å². The molecule has 1 heterocycles. The van der Waals surface area contributed by atoms with Crippen LogP contribution in [-0.2, 0) is 4.79 Å². The Morgan fingerprint density at radius 1 is 1.08 bits per heavy atom. The van der Waals surface area contributed by atoms with Crippen molar-refractivity contribution >= 4 is 44.2 Å². The number of carbonyl (C=O) groups excluding carboxylic acids is 2. The van der Waals surface area contributed by atoms with Crippen LogP contribution < -0.4 is 5.32 Å². The quantitative estimate of drug-likeness (QED) is 0.621. The maximum Gasteiger partial charge on any atom is 0.238 e. The molecule has 6 heteroatoms. The summed E-state index contributed by atoms with van der Waals surface area (Å²) in [5.74, 6) is -0.185. The third-order valence-electron chi connectivity index (χ3n) is 3.86. The Hall–Kier alpha value is -2.44. The van der Waals surface area contributed by atoms with Crippen molar-refractivity contribution in [3.8, 4) is 0 Å². The second-order valence-corrected chi connectivity index (χ2v) is 6.73. The summed E-state index contributed by atoms with van der Waals surface area (Å²) in [5, 5.41) is 3.74. The molecule has 0 saturated carbocycles. The Labute approximate surface area is 154 Å². The Morgan fingerprint density at radius 2 is 1.80 bits per heavy atom. The molecule has 3 aromatic rings. The first-order valence-electron chi connectivity index (χ1n) is 7.87. The minimum Gasteiger partial charge on any atom is -0.360 e. The molecule has 0 aliphatic heterocycles. The van der Waals surface area contributed by atoms with Crippen molar-refractivity contribution < 1.29 is 9.59 Å². The molecular weight excluding hydrogens is 382 g/mol. The molecular formula is C19H18BrN3O2. The zero-order chi connectivity index (χ0) is 17.8. The molecule has 1 aromatic heterocycles. The molecule has 2 aromatic carbocycles. The number of aromatic amines is 1. The van der Waals surface area contributed by atoms with E-state index in [4.69, 9.17) is 0 Å². The standard InChI is InChI=1S/C19H18BrN3O2/c1-23(12-19(25)22-17-9-5-3-7-15(17)20)11-18(24)14-10-21-16-8-4-2-6-13(14)16/h2-10,21H,11-12H2,1H3,(H,22,25). The number of carbonyl (C=O) groups is 2. The highest BCUT2D eigenvalue weighted by Gasteiger charge is 2.16. The third-order valence-corrected chi connectivity index (χ3v) is 4.56. The summed E-state index contributed by atoms with van der Waals surface area (Å²) in [4.78, 5) is 29.5. The molecule has 0 unspecified atom stereocenters. The van der Waals surface area contributed by atoms with Crippen molar-refractivity contribution in [2.24, 2.45) is 0 Å². The molecule has 3 rings (SSSR count). The van der Waals surface area contributed by atoms with Crippen molar-refractivity contribution in [1.29, 1.82) is 0 Å². The van der Waals surface area contributed by atoms with Crippen LogP contribution in [0.2, 0.25) is 0 Å². The van der Waals surface area contributed by atoms with Crippen LogP contribution in [0.25, 0.3) is 10.9 Å². The molecule has 25 heavy (non-hydrogen) atoms. The van der Waals surface area contributed by atoms with E-state index in [9.17, 15) is 9.59 Å². The lowest BCUT2D eigenvalue weighted by atomic mass is 10.1. The molecule has 0 atom stereocenters. The van der Waals surface area contributed by atoms with Gasteiger partial charge in [0.25, 0.3) is 0 Å². The van der Waals surface area contributed by atoms with Crippen LogP contribution in [0, 0.1) is 0 Å². The van der Waals surface area contributed by atoms with Gasteiger partial charge in [-0.25, -0.2) is 0 Å². The summed E-state index contributed by atoms with van der Waals surface area (Å²) >= 11 is 3.39. The average molecular weight is 400 g/mol. The molecule has 0 spiro atoms. The summed E-state index contributed by atoms with van der Waals surface area (Å²) < 4.78 is 0.820. The van der Waals surface area contributed by atoms with E-state index in [0.717, 1.165) is 15.4 Å². The molecule has 0 aliphatic carbocycles. The fourth-order valence-corrected chi connectivity index (χ4v) is 3.07. The first-order valence-corrected chi connectivity index (χ1v) is 8.66. The summed E-state index contributed by atoms with van der Waals surface area (Å²) in [7, 11) is 1.76. The normalized spacial score (nSPS) is 11.0. The number of benzene rings is 2. The minimum atomic E-state index is -0.166. The van der Waals surface area contributed by atoms with Crippen LogP contribution in [0.3, 0.4) is 0 Å². The second-order valence-electron chi connectivity index (χ2n) is 5.87. The number of anilines is 1. The number of hydrogen-bond acceptors (Lipinski definition) is 3. The fraction of sp³-hybridized carbons (Fsp3) is 0.158. The molecule has 0 fully saturated rings. The van der Waals surface area contributed by atoms with Crippen molar-refractivity contribution in [1.82, 2.24) is 9.88 Å². The predicted octanol–water partition coefficient (Wildman–Crippen LogP) is 3.68. The molecule has 0 radical (unpaired) electrons. The molecule has 0 saturated heterocycles. The largest absolute Gasteiger partial charge is 0.360 e. The van der Waals surface area contributed by atoms with Gasteiger partial charge in [0.1, 0.15) is 0 Å². The number of nitrogens with zero attached hydrogens (tertiary/aromatic N) is 1. The average Bonchev–Trinajstić information content (AvgIpc) is 3.01. The molecule has 128 valence electrons. The number of aromatic nitrogens is 1. The van der Waals surface area contributed by atoms with E-state index in [2.05, 4.69) is 26.2 Å². The number of nitrogens with one attached hydrogen (secondary N) is 2. The number of Topliss-reactive ketones (excluding diaryl/α,β-unsaturated/α-hetero) is 1. The van der Waals surface area contributed by atoms with E-state index in [1.54, 1.807) is 18.1 Å². The highest BCUT2D eigenvalue weighted by atomic mass is 79.9. The van der Waals surface area contributed by atoms with Crippen LogP contribution in [-0.4, -0.2) is 41.7 Å². The van der Waals surface area contributed by atoms with Crippen LogP contribution >= 0.6 is 15.9 Å². The highest BCUT2D eigenvalue weighted by Crippen LogP contribution is 2.21. The molecule has 0 aliphatic rings. The first-order chi connectivity index (χ1) is 12.0. The molecule has 1 amide bonds. The van der Waals surface area contributed by atoms with Gasteiger partial charge >= 0.3 is 0 Å². The predicted molar refractivity (Wildman–Crippen MR) is 103 cm³/mol. The Bertz CT molecular complexity index is 920. The number of likely N-dealkylation sites (N-methyl/N-ethyl adjacent to an activating group) is 1. The molecule has 0 bridgehead atoms. The number of amides is 1. The number of rotatable bonds is 6. The van der Waals surface area contributed by atoms with Gasteiger partial charge in [0.15, 0.2) is 5.78 Å². The van der Waals surface area contributed by atoms with Gasteiger partial charge < -0.3 is 10.3 Å². The smallest absolute Gasteiger partial charge is 0.238 e. The van der Waals surface area contributed by atoms with Crippen molar-refractivity contribution in [3.63, 3.8) is 0 Å². The van der Waals surface area contributed by atoms with Crippen molar-refractivity contribution in [3.05, 3.63) is 64.8 Å². The summed E-state index contributed by atoms with van der Waals surface area (Å²) in [6.07, 6.45) is 1.72. The van der Waals surface area contributed by atoms with E-state index in [1.165, 1.54) is 0 Å². The maximum atomic E-state index is 12.5. The number of fused-ring (bicyclic) bond motifs is 1. The zero-order valence-corrected chi connectivity index (χ0v) is 15.3. The molecule has 2 N–H and O–H groups in total. The van der Waals surface area contributed by atoms with Gasteiger partial charge in [-0.15, -0.1) is 0 Å². The Balaban J connectivity index is 1.60. The lowest BCUT2D eigenvalue weighted by molar-refractivity contribution is -0.116. The van der Waals surface area contributed by atoms with Crippen LogP contribution in [0.1, 0.15) is 10.4 Å². The summed E-state index contributed by atoms with van der Waals surface area (Å²) in [5.41, 5.74) is 2.29. The lowest BCUT2D eigenvalue weighted by Gasteiger charge is -2.15. The topological polar surface area (TPSA) is 65.2 Å². The number of halogens is 1. The Morgan fingerprint density at radius 3 is 2.60 bits per heavy atom. The van der Waals surface area contributed by atoms with E-state index in [1.807, 2.05) is 48.5 Å². The Kier molecular flexibility index (Phi) is 5.31. The van der Waals surface area contributed by atoms with Crippen molar-refractivity contribution in [2.45, 2.75) is 0 Å². The number of para-hydroxylation sites is 2. The van der Waals surface area contributed by atoms with Gasteiger partial charge in [-0.3, -0.25) is 14.5 Å². The summed E-state index contributed by atoms with van der Waals surface area (Å²) in [6.45, 7) is 0.306. The van der Waals surface area contributed by atoms with Gasteiger partial charge in [0.05, 0.1) is 18.8 Å². The van der Waals surface area contributed by atoms with E-state index in [0.29, 0.717) is 11.3 Å². The van der Waals surface area contributed by atoms with Gasteiger partial charge in [0, 0.05) is 27.1 Å². The van der Waals surface area contributed by atoms with E-state index >= 15 is 0 Å². The van der Waals surface area contributed by atoms with Crippen LogP contribution in [0.4, 0.5) is 5.69 Å². The monoisotopic (exact) mass is 399 g/mol. The minimum absolute atomic E-state index is 0.0198. The third kappa shape index (κ3) is 4.15. The van der Waals surface area contributed by atoms with E-state index in [-0.39, 0.29) is 24.8 Å². The van der Waals surface area contributed by atoms with Gasteiger partial charge in [-0.1, -0.05) is 30.3 Å². The van der Waals surface area contributed by atoms with Gasteiger partial charge in [0.2, 0.25) is 5.91 Å². The SMILES string of the molecule is CN(CC(=O)Nc1ccccc1Br)CC(=O)c1c[nH]c2ccccc12. The van der Waals surface area contributed by atoms with E-state index < -0.39 is 0 Å². The number of H-pyrrole nitrogens is 1. The fourth-order valence-electron chi connectivity index (χ4n) is 2.69. The maximum absolute atomic E-state index is 12.5. The van der Waals surface area contributed by atoms with Gasteiger partial charge in [-0.2, -0.15) is 0 Å². The lowest BCUT2D eigenvalue weighted by Crippen LogP contribution is -2.34. The zero-order valence-electron chi connectivity index (χ0n) is 13.8. The summed E-state index contributed by atoms with van der Waals surface area (Å²) in [6, 6.07) is 15.1. The van der Waals surface area contributed by atoms with Gasteiger partial charge in [-0.05, 0) is 41.2 Å². The van der Waals surface area contributed by atoms with Crippen molar-refractivity contribution in [2.75, 3.05) is 25.5 Å². The first kappa shape index (κ1) is 17.4.